The van der Waals surface area contributed by atoms with Crippen LogP contribution in [0.2, 0.25) is 5.15 Å². The van der Waals surface area contributed by atoms with E-state index in [1.807, 2.05) is 0 Å². The van der Waals surface area contributed by atoms with Gasteiger partial charge in [0.2, 0.25) is 0 Å². The molecule has 24 heavy (non-hydrogen) atoms. The fourth-order valence-electron chi connectivity index (χ4n) is 2.15. The van der Waals surface area contributed by atoms with Crippen LogP contribution in [0.1, 0.15) is 21.7 Å². The monoisotopic (exact) mass is 354 g/mol. The van der Waals surface area contributed by atoms with Gasteiger partial charge < -0.3 is 10.3 Å². The number of alkyl halides is 3. The zero-order chi connectivity index (χ0) is 17.3. The Balaban J connectivity index is 1.73. The van der Waals surface area contributed by atoms with Gasteiger partial charge >= 0.3 is 6.18 Å². The molecule has 0 bridgehead atoms. The van der Waals surface area contributed by atoms with Gasteiger partial charge in [-0.3, -0.25) is 4.79 Å². The minimum Gasteiger partial charge on any atom is -0.351 e. The summed E-state index contributed by atoms with van der Waals surface area (Å²) in [6.07, 6.45) is -1.94. The molecule has 0 aliphatic heterocycles. The number of rotatable bonds is 3. The smallest absolute Gasteiger partial charge is 0.351 e. The van der Waals surface area contributed by atoms with Crippen molar-refractivity contribution < 1.29 is 18.0 Å². The summed E-state index contributed by atoms with van der Waals surface area (Å²) >= 11 is 5.59. The first-order valence-corrected chi connectivity index (χ1v) is 7.15. The Labute approximate surface area is 138 Å². The van der Waals surface area contributed by atoms with E-state index in [1.165, 1.54) is 18.5 Å². The topological polar surface area (TPSA) is 70.7 Å². The highest BCUT2D eigenvalue weighted by Gasteiger charge is 2.32. The maximum Gasteiger partial charge on any atom is 0.431 e. The molecule has 0 atom stereocenters. The Morgan fingerprint density at radius 3 is 2.67 bits per heavy atom. The fourth-order valence-corrected chi connectivity index (χ4v) is 2.24. The molecule has 1 aromatic carbocycles. The Hall–Kier alpha value is -2.61. The molecule has 0 aliphatic rings. The first-order valence-electron chi connectivity index (χ1n) is 6.77. The zero-order valence-electron chi connectivity index (χ0n) is 12.0. The summed E-state index contributed by atoms with van der Waals surface area (Å²) in [6, 6.07) is 5.78. The summed E-state index contributed by atoms with van der Waals surface area (Å²) in [5.74, 6) is -0.454. The van der Waals surface area contributed by atoms with E-state index < -0.39 is 17.8 Å². The summed E-state index contributed by atoms with van der Waals surface area (Å²) in [4.78, 5) is 21.8. The van der Waals surface area contributed by atoms with Crippen molar-refractivity contribution >= 4 is 28.4 Å². The summed E-state index contributed by atoms with van der Waals surface area (Å²) in [5, 5.41) is 3.21. The van der Waals surface area contributed by atoms with Crippen LogP contribution in [0.3, 0.4) is 0 Å². The molecule has 9 heteroatoms. The number of hydrogen-bond acceptors (Lipinski definition) is 3. The number of nitrogens with zero attached hydrogens (tertiary/aromatic N) is 2. The Kier molecular flexibility index (Phi) is 4.15. The second-order valence-electron chi connectivity index (χ2n) is 5.01. The number of amides is 1. The predicted molar refractivity (Wildman–Crippen MR) is 81.5 cm³/mol. The van der Waals surface area contributed by atoms with E-state index in [0.717, 1.165) is 6.07 Å². The van der Waals surface area contributed by atoms with Gasteiger partial charge in [0.15, 0.2) is 0 Å². The third-order valence-electron chi connectivity index (χ3n) is 3.30. The van der Waals surface area contributed by atoms with E-state index in [-0.39, 0.29) is 17.4 Å². The normalized spacial score (nSPS) is 11.7. The van der Waals surface area contributed by atoms with E-state index in [2.05, 4.69) is 20.3 Å². The van der Waals surface area contributed by atoms with E-state index in [1.54, 1.807) is 12.1 Å². The van der Waals surface area contributed by atoms with E-state index >= 15 is 0 Å². The van der Waals surface area contributed by atoms with Crippen LogP contribution in [0.4, 0.5) is 13.2 Å². The molecule has 3 aromatic rings. The highest BCUT2D eigenvalue weighted by atomic mass is 35.5. The van der Waals surface area contributed by atoms with Crippen LogP contribution in [0.25, 0.3) is 10.9 Å². The van der Waals surface area contributed by atoms with E-state index in [0.29, 0.717) is 16.5 Å². The zero-order valence-corrected chi connectivity index (χ0v) is 12.7. The van der Waals surface area contributed by atoms with Gasteiger partial charge in [0.25, 0.3) is 5.91 Å². The Bertz CT molecular complexity index is 890. The van der Waals surface area contributed by atoms with Crippen molar-refractivity contribution in [3.63, 3.8) is 0 Å². The number of H-pyrrole nitrogens is 1. The first kappa shape index (κ1) is 16.3. The molecule has 0 saturated carbocycles. The maximum atomic E-state index is 12.7. The van der Waals surface area contributed by atoms with Gasteiger partial charge in [-0.2, -0.15) is 13.2 Å². The maximum absolute atomic E-state index is 12.7. The second kappa shape index (κ2) is 6.12. The molecule has 0 fully saturated rings. The third kappa shape index (κ3) is 3.48. The van der Waals surface area contributed by atoms with Crippen molar-refractivity contribution in [2.75, 3.05) is 0 Å². The van der Waals surface area contributed by atoms with Gasteiger partial charge in [-0.25, -0.2) is 9.97 Å². The summed E-state index contributed by atoms with van der Waals surface area (Å²) in [5.41, 5.74) is 0.322. The van der Waals surface area contributed by atoms with E-state index in [9.17, 15) is 18.0 Å². The summed E-state index contributed by atoms with van der Waals surface area (Å²) in [7, 11) is 0. The number of carbonyl (C=O) groups is 1. The van der Waals surface area contributed by atoms with Gasteiger partial charge in [0, 0.05) is 17.4 Å². The van der Waals surface area contributed by atoms with Crippen LogP contribution in [0, 0.1) is 0 Å². The average molecular weight is 355 g/mol. The SMILES string of the molecule is O=C(NCc1ccc2[nH]c(C(F)(F)F)cc2c1)c1cnc(Cl)cn1. The van der Waals surface area contributed by atoms with Crippen LogP contribution in [-0.4, -0.2) is 20.9 Å². The molecule has 1 amide bonds. The number of aromatic nitrogens is 3. The number of fused-ring (bicyclic) bond motifs is 1. The van der Waals surface area contributed by atoms with Crippen LogP contribution >= 0.6 is 11.6 Å². The van der Waals surface area contributed by atoms with Gasteiger partial charge in [-0.15, -0.1) is 0 Å². The first-order chi connectivity index (χ1) is 11.3. The molecule has 0 spiro atoms. The lowest BCUT2D eigenvalue weighted by atomic mass is 10.1. The minimum absolute atomic E-state index is 0.0986. The summed E-state index contributed by atoms with van der Waals surface area (Å²) < 4.78 is 38.1. The van der Waals surface area contributed by atoms with Crippen LogP contribution in [0.15, 0.2) is 36.7 Å². The Morgan fingerprint density at radius 1 is 1.21 bits per heavy atom. The number of carbonyl (C=O) groups excluding carboxylic acids is 1. The van der Waals surface area contributed by atoms with Gasteiger partial charge in [0.1, 0.15) is 16.5 Å². The van der Waals surface area contributed by atoms with E-state index in [4.69, 9.17) is 11.6 Å². The lowest BCUT2D eigenvalue weighted by molar-refractivity contribution is -0.140. The number of halogens is 4. The lowest BCUT2D eigenvalue weighted by Gasteiger charge is -2.05. The molecule has 2 aromatic heterocycles. The summed E-state index contributed by atoms with van der Waals surface area (Å²) in [6.45, 7) is 0.144. The number of nitrogens with one attached hydrogen (secondary N) is 2. The van der Waals surface area contributed by atoms with Crippen molar-refractivity contribution in [3.05, 3.63) is 58.8 Å². The fraction of sp³-hybridized carbons (Fsp3) is 0.133. The van der Waals surface area contributed by atoms with Crippen molar-refractivity contribution in [1.29, 1.82) is 0 Å². The van der Waals surface area contributed by atoms with Gasteiger partial charge in [-0.05, 0) is 23.8 Å². The molecule has 0 unspecified atom stereocenters. The molecule has 5 nitrogen and oxygen atoms in total. The van der Waals surface area contributed by atoms with Crippen LogP contribution in [0.5, 0.6) is 0 Å². The molecular formula is C15H10ClF3N4O. The molecule has 0 aliphatic carbocycles. The largest absolute Gasteiger partial charge is 0.431 e. The van der Waals surface area contributed by atoms with Crippen molar-refractivity contribution in [2.45, 2.75) is 12.7 Å². The quantitative estimate of drug-likeness (QED) is 0.755. The molecule has 2 heterocycles. The Morgan fingerprint density at radius 2 is 2.00 bits per heavy atom. The number of aromatic amines is 1. The van der Waals surface area contributed by atoms with Gasteiger partial charge in [-0.1, -0.05) is 17.7 Å². The van der Waals surface area contributed by atoms with Crippen molar-refractivity contribution in [3.8, 4) is 0 Å². The number of benzene rings is 1. The number of hydrogen-bond donors (Lipinski definition) is 2. The molecular weight excluding hydrogens is 345 g/mol. The van der Waals surface area contributed by atoms with Crippen molar-refractivity contribution in [1.82, 2.24) is 20.3 Å². The van der Waals surface area contributed by atoms with Crippen LogP contribution < -0.4 is 5.32 Å². The van der Waals surface area contributed by atoms with Crippen molar-refractivity contribution in [2.24, 2.45) is 0 Å². The third-order valence-corrected chi connectivity index (χ3v) is 3.49. The standard InChI is InChI=1S/C15H10ClF3N4O/c16-13-7-20-11(6-21-13)14(24)22-5-8-1-2-10-9(3-8)4-12(23-10)15(17,18)19/h1-4,6-7,23H,5H2,(H,22,24). The average Bonchev–Trinajstić information content (AvgIpc) is 2.97. The minimum atomic E-state index is -4.43. The predicted octanol–water partition coefficient (Wildman–Crippen LogP) is 3.56. The lowest BCUT2D eigenvalue weighted by Crippen LogP contribution is -2.23. The van der Waals surface area contributed by atoms with Crippen LogP contribution in [-0.2, 0) is 12.7 Å². The molecule has 124 valence electrons. The second-order valence-corrected chi connectivity index (χ2v) is 5.40. The molecule has 0 saturated heterocycles. The van der Waals surface area contributed by atoms with Gasteiger partial charge in [0.05, 0.1) is 12.4 Å². The highest BCUT2D eigenvalue weighted by Crippen LogP contribution is 2.31. The molecule has 0 radical (unpaired) electrons. The highest BCUT2D eigenvalue weighted by molar-refractivity contribution is 6.29. The molecule has 2 N–H and O–H groups in total. The molecule has 3 rings (SSSR count).